The molecule has 2 N–H and O–H groups in total. The quantitative estimate of drug-likeness (QED) is 0.818. The van der Waals surface area contributed by atoms with Gasteiger partial charge in [0.05, 0.1) is 0 Å². The number of fused-ring (bicyclic) bond motifs is 1. The molecule has 0 saturated heterocycles. The molecule has 84 valence electrons. The zero-order chi connectivity index (χ0) is 11.3. The molecular weight excluding hydrogens is 196 g/mol. The van der Waals surface area contributed by atoms with Gasteiger partial charge in [-0.3, -0.25) is 0 Å². The lowest BCUT2D eigenvalue weighted by molar-refractivity contribution is 0.430. The summed E-state index contributed by atoms with van der Waals surface area (Å²) in [5, 5.41) is 1.31. The molecule has 1 aromatic heterocycles. The third-order valence-electron chi connectivity index (χ3n) is 3.90. The van der Waals surface area contributed by atoms with Crippen LogP contribution in [0.25, 0.3) is 10.9 Å². The van der Waals surface area contributed by atoms with E-state index in [1.807, 2.05) is 0 Å². The molecule has 1 heterocycles. The summed E-state index contributed by atoms with van der Waals surface area (Å²) in [6.45, 7) is 2.17. The lowest BCUT2D eigenvalue weighted by Gasteiger charge is -2.24. The Hall–Kier alpha value is -1.28. The largest absolute Gasteiger partial charge is 0.350 e. The molecule has 16 heavy (non-hydrogen) atoms. The van der Waals surface area contributed by atoms with E-state index in [0.717, 1.165) is 0 Å². The van der Waals surface area contributed by atoms with E-state index >= 15 is 0 Å². The average Bonchev–Trinajstić information content (AvgIpc) is 3.06. The first-order valence-electron chi connectivity index (χ1n) is 5.94. The van der Waals surface area contributed by atoms with E-state index in [0.29, 0.717) is 5.92 Å². The van der Waals surface area contributed by atoms with Crippen molar-refractivity contribution in [3.05, 3.63) is 36.0 Å². The highest BCUT2D eigenvalue weighted by atomic mass is 14.9. The van der Waals surface area contributed by atoms with Gasteiger partial charge in [0, 0.05) is 29.7 Å². The fourth-order valence-electron chi connectivity index (χ4n) is 2.67. The highest BCUT2D eigenvalue weighted by Crippen LogP contribution is 2.45. The summed E-state index contributed by atoms with van der Waals surface area (Å²) in [4.78, 5) is 0. The second-order valence-electron chi connectivity index (χ2n) is 5.23. The maximum Gasteiger partial charge on any atom is 0.0481 e. The van der Waals surface area contributed by atoms with Gasteiger partial charge in [-0.25, -0.2) is 0 Å². The van der Waals surface area contributed by atoms with Crippen molar-refractivity contribution in [2.75, 3.05) is 0 Å². The maximum atomic E-state index is 6.51. The van der Waals surface area contributed by atoms with Gasteiger partial charge in [-0.15, -0.1) is 0 Å². The Morgan fingerprint density at radius 2 is 2.00 bits per heavy atom. The molecule has 2 heteroatoms. The summed E-state index contributed by atoms with van der Waals surface area (Å²) < 4.78 is 2.18. The van der Waals surface area contributed by atoms with Crippen molar-refractivity contribution in [2.45, 2.75) is 25.3 Å². The normalized spacial score (nSPS) is 19.9. The fourth-order valence-corrected chi connectivity index (χ4v) is 2.67. The Morgan fingerprint density at radius 1 is 1.31 bits per heavy atom. The molecular formula is C14H18N2. The van der Waals surface area contributed by atoms with Crippen LogP contribution in [-0.4, -0.2) is 4.57 Å². The van der Waals surface area contributed by atoms with Crippen molar-refractivity contribution < 1.29 is 0 Å². The number of nitrogens with two attached hydrogens (primary N) is 1. The van der Waals surface area contributed by atoms with Gasteiger partial charge < -0.3 is 10.3 Å². The van der Waals surface area contributed by atoms with Gasteiger partial charge in [-0.2, -0.15) is 0 Å². The predicted molar refractivity (Wildman–Crippen MR) is 67.2 cm³/mol. The van der Waals surface area contributed by atoms with E-state index in [1.165, 1.54) is 29.3 Å². The van der Waals surface area contributed by atoms with Crippen molar-refractivity contribution in [2.24, 2.45) is 18.7 Å². The summed E-state index contributed by atoms with van der Waals surface area (Å²) in [7, 11) is 2.09. The molecule has 2 nitrogen and oxygen atoms in total. The van der Waals surface area contributed by atoms with Crippen molar-refractivity contribution >= 4 is 10.9 Å². The Morgan fingerprint density at radius 3 is 2.69 bits per heavy atom. The minimum atomic E-state index is -0.166. The monoisotopic (exact) mass is 214 g/mol. The van der Waals surface area contributed by atoms with Crippen LogP contribution in [0.4, 0.5) is 0 Å². The number of para-hydroxylation sites is 1. The molecule has 0 amide bonds. The predicted octanol–water partition coefficient (Wildman–Crippen LogP) is 2.76. The van der Waals surface area contributed by atoms with Gasteiger partial charge in [-0.1, -0.05) is 18.2 Å². The number of rotatable bonds is 2. The van der Waals surface area contributed by atoms with Crippen LogP contribution in [0.3, 0.4) is 0 Å². The van der Waals surface area contributed by atoms with Crippen LogP contribution in [0.2, 0.25) is 0 Å². The highest BCUT2D eigenvalue weighted by Gasteiger charge is 2.41. The number of hydrogen-bond acceptors (Lipinski definition) is 1. The van der Waals surface area contributed by atoms with E-state index in [2.05, 4.69) is 49.0 Å². The molecule has 1 atom stereocenters. The molecule has 1 saturated carbocycles. The standard InChI is InChI=1S/C14H18N2/c1-14(15,10-7-8-10)12-9-16(2)13-6-4-3-5-11(12)13/h3-6,9-10H,7-8,15H2,1-2H3. The number of hydrogen-bond donors (Lipinski definition) is 1. The first-order chi connectivity index (χ1) is 7.60. The summed E-state index contributed by atoms with van der Waals surface area (Å²) in [6.07, 6.45) is 4.75. The molecule has 0 bridgehead atoms. The smallest absolute Gasteiger partial charge is 0.0481 e. The third kappa shape index (κ3) is 1.30. The lowest BCUT2D eigenvalue weighted by atomic mass is 9.88. The Bertz CT molecular complexity index is 533. The van der Waals surface area contributed by atoms with Crippen LogP contribution in [0.5, 0.6) is 0 Å². The van der Waals surface area contributed by atoms with Gasteiger partial charge in [0.25, 0.3) is 0 Å². The molecule has 1 aliphatic carbocycles. The number of benzene rings is 1. The summed E-state index contributed by atoms with van der Waals surface area (Å²) in [5.41, 5.74) is 8.92. The van der Waals surface area contributed by atoms with E-state index in [1.54, 1.807) is 0 Å². The van der Waals surface area contributed by atoms with E-state index in [4.69, 9.17) is 5.73 Å². The van der Waals surface area contributed by atoms with Crippen LogP contribution >= 0.6 is 0 Å². The second-order valence-corrected chi connectivity index (χ2v) is 5.23. The van der Waals surface area contributed by atoms with E-state index in [9.17, 15) is 0 Å². The van der Waals surface area contributed by atoms with Crippen LogP contribution in [0, 0.1) is 5.92 Å². The van der Waals surface area contributed by atoms with Crippen LogP contribution < -0.4 is 5.73 Å². The van der Waals surface area contributed by atoms with Gasteiger partial charge in [-0.05, 0) is 37.3 Å². The molecule has 1 fully saturated rings. The topological polar surface area (TPSA) is 30.9 Å². The molecule has 1 aromatic carbocycles. The van der Waals surface area contributed by atoms with Gasteiger partial charge in [0.2, 0.25) is 0 Å². The molecule has 2 aromatic rings. The van der Waals surface area contributed by atoms with E-state index in [-0.39, 0.29) is 5.54 Å². The summed E-state index contributed by atoms with van der Waals surface area (Å²) >= 11 is 0. The zero-order valence-corrected chi connectivity index (χ0v) is 9.90. The molecule has 0 aliphatic heterocycles. The van der Waals surface area contributed by atoms with Gasteiger partial charge in [0.1, 0.15) is 0 Å². The Labute approximate surface area is 96.1 Å². The highest BCUT2D eigenvalue weighted by molar-refractivity contribution is 5.85. The summed E-state index contributed by atoms with van der Waals surface area (Å²) in [6, 6.07) is 8.51. The van der Waals surface area contributed by atoms with Crippen molar-refractivity contribution in [3.8, 4) is 0 Å². The summed E-state index contributed by atoms with van der Waals surface area (Å²) in [5.74, 6) is 0.665. The van der Waals surface area contributed by atoms with Gasteiger partial charge >= 0.3 is 0 Å². The minimum absolute atomic E-state index is 0.166. The molecule has 3 rings (SSSR count). The Balaban J connectivity index is 2.23. The fraction of sp³-hybridized carbons (Fsp3) is 0.429. The lowest BCUT2D eigenvalue weighted by Crippen LogP contribution is -2.35. The molecule has 0 radical (unpaired) electrons. The van der Waals surface area contributed by atoms with Crippen molar-refractivity contribution in [1.29, 1.82) is 0 Å². The maximum absolute atomic E-state index is 6.51. The third-order valence-corrected chi connectivity index (χ3v) is 3.90. The van der Waals surface area contributed by atoms with Crippen molar-refractivity contribution in [1.82, 2.24) is 4.57 Å². The average molecular weight is 214 g/mol. The number of aryl methyl sites for hydroxylation is 1. The molecule has 0 spiro atoms. The first kappa shape index (κ1) is 9.91. The van der Waals surface area contributed by atoms with Crippen LogP contribution in [0.1, 0.15) is 25.3 Å². The molecule has 1 unspecified atom stereocenters. The first-order valence-corrected chi connectivity index (χ1v) is 5.94. The minimum Gasteiger partial charge on any atom is -0.350 e. The second kappa shape index (κ2) is 3.11. The number of aromatic nitrogens is 1. The molecule has 1 aliphatic rings. The number of nitrogens with zero attached hydrogens (tertiary/aromatic N) is 1. The van der Waals surface area contributed by atoms with E-state index < -0.39 is 0 Å². The SMILES string of the molecule is Cn1cc(C(C)(N)C2CC2)c2ccccc21. The Kier molecular flexibility index (Phi) is 1.93. The van der Waals surface area contributed by atoms with Crippen LogP contribution in [0.15, 0.2) is 30.5 Å². The van der Waals surface area contributed by atoms with Gasteiger partial charge in [0.15, 0.2) is 0 Å². The zero-order valence-electron chi connectivity index (χ0n) is 9.90. The van der Waals surface area contributed by atoms with Crippen LogP contribution in [-0.2, 0) is 12.6 Å². The van der Waals surface area contributed by atoms with Crippen molar-refractivity contribution in [3.63, 3.8) is 0 Å².